The number of phenols is 1. The quantitative estimate of drug-likeness (QED) is 0.835. The molecule has 2 N–H and O–H groups in total. The van der Waals surface area contributed by atoms with Gasteiger partial charge in [-0.15, -0.1) is 11.3 Å². The average Bonchev–Trinajstić information content (AvgIpc) is 2.84. The molecule has 0 aliphatic rings. The van der Waals surface area contributed by atoms with Crippen molar-refractivity contribution in [2.75, 3.05) is 5.32 Å². The van der Waals surface area contributed by atoms with Gasteiger partial charge in [0.1, 0.15) is 5.75 Å². The van der Waals surface area contributed by atoms with Gasteiger partial charge in [-0.2, -0.15) is 0 Å². The van der Waals surface area contributed by atoms with Gasteiger partial charge in [-0.1, -0.05) is 26.8 Å². The minimum Gasteiger partial charge on any atom is -0.507 e. The molecule has 2 rings (SSSR count). The first-order valence-corrected chi connectivity index (χ1v) is 7.73. The Hall–Kier alpha value is -1.48. The van der Waals surface area contributed by atoms with Crippen LogP contribution in [0.1, 0.15) is 41.7 Å². The molecular weight excluding hydrogens is 266 g/mol. The van der Waals surface area contributed by atoms with Crippen LogP contribution < -0.4 is 5.32 Å². The molecule has 0 unspecified atom stereocenters. The van der Waals surface area contributed by atoms with E-state index in [9.17, 15) is 5.11 Å². The lowest BCUT2D eigenvalue weighted by atomic mass is 9.95. The topological polar surface area (TPSA) is 32.3 Å². The number of nitrogens with one attached hydrogen (secondary N) is 1. The summed E-state index contributed by atoms with van der Waals surface area (Å²) in [4.78, 5) is 2.71. The van der Waals surface area contributed by atoms with Crippen LogP contribution in [-0.4, -0.2) is 5.11 Å². The van der Waals surface area contributed by atoms with E-state index in [4.69, 9.17) is 0 Å². The lowest BCUT2D eigenvalue weighted by molar-refractivity contribution is 0.467. The van der Waals surface area contributed by atoms with Crippen molar-refractivity contribution in [1.82, 2.24) is 0 Å². The lowest BCUT2D eigenvalue weighted by Gasteiger charge is -2.15. The predicted octanol–water partition coefficient (Wildman–Crippen LogP) is 4.98. The number of phenolic OH excluding ortho intramolecular Hbond substituents is 1. The zero-order valence-corrected chi connectivity index (χ0v) is 13.7. The molecule has 1 heterocycles. The van der Waals surface area contributed by atoms with E-state index in [2.05, 4.69) is 38.2 Å². The molecule has 108 valence electrons. The van der Waals surface area contributed by atoms with Crippen LogP contribution in [0.15, 0.2) is 24.3 Å². The molecule has 0 saturated carbocycles. The van der Waals surface area contributed by atoms with Gasteiger partial charge in [0.05, 0.1) is 0 Å². The summed E-state index contributed by atoms with van der Waals surface area (Å²) in [7, 11) is 0. The number of benzene rings is 1. The zero-order chi connectivity index (χ0) is 14.9. The van der Waals surface area contributed by atoms with E-state index in [1.807, 2.05) is 37.3 Å². The van der Waals surface area contributed by atoms with Crippen LogP contribution in [0.5, 0.6) is 5.75 Å². The van der Waals surface area contributed by atoms with E-state index in [1.54, 1.807) is 0 Å². The summed E-state index contributed by atoms with van der Waals surface area (Å²) in [6.07, 6.45) is 0. The second-order valence-corrected chi connectivity index (χ2v) is 7.44. The van der Waals surface area contributed by atoms with Gasteiger partial charge in [0, 0.05) is 27.5 Å². The largest absolute Gasteiger partial charge is 0.507 e. The van der Waals surface area contributed by atoms with E-state index >= 15 is 0 Å². The molecule has 0 atom stereocenters. The van der Waals surface area contributed by atoms with Crippen molar-refractivity contribution in [1.29, 1.82) is 0 Å². The van der Waals surface area contributed by atoms with E-state index in [0.717, 1.165) is 23.4 Å². The fourth-order valence-electron chi connectivity index (χ4n) is 2.09. The van der Waals surface area contributed by atoms with Crippen molar-refractivity contribution in [2.24, 2.45) is 0 Å². The molecule has 0 radical (unpaired) electrons. The van der Waals surface area contributed by atoms with Crippen molar-refractivity contribution in [2.45, 2.75) is 46.6 Å². The Labute approximate surface area is 125 Å². The highest BCUT2D eigenvalue weighted by molar-refractivity contribution is 7.12. The van der Waals surface area contributed by atoms with Crippen molar-refractivity contribution in [3.05, 3.63) is 45.1 Å². The first kappa shape index (κ1) is 14.9. The molecule has 3 heteroatoms. The van der Waals surface area contributed by atoms with Gasteiger partial charge in [0.2, 0.25) is 0 Å². The predicted molar refractivity (Wildman–Crippen MR) is 87.9 cm³/mol. The molecule has 2 nitrogen and oxygen atoms in total. The van der Waals surface area contributed by atoms with Crippen LogP contribution in [0.4, 0.5) is 5.69 Å². The average molecular weight is 289 g/mol. The number of aromatic hydroxyl groups is 1. The van der Waals surface area contributed by atoms with Gasteiger partial charge in [-0.25, -0.2) is 0 Å². The van der Waals surface area contributed by atoms with Gasteiger partial charge < -0.3 is 10.4 Å². The summed E-state index contributed by atoms with van der Waals surface area (Å²) >= 11 is 1.85. The van der Waals surface area contributed by atoms with Gasteiger partial charge >= 0.3 is 0 Å². The molecule has 20 heavy (non-hydrogen) atoms. The molecule has 0 aliphatic heterocycles. The third-order valence-electron chi connectivity index (χ3n) is 3.49. The molecule has 1 aromatic carbocycles. The molecule has 0 bridgehead atoms. The SMILES string of the molecule is Cc1ccc(NCc2ccc(C(C)(C)C)s2)c(C)c1O. The highest BCUT2D eigenvalue weighted by atomic mass is 32.1. The Morgan fingerprint density at radius 3 is 2.40 bits per heavy atom. The third-order valence-corrected chi connectivity index (χ3v) is 5.00. The molecule has 0 fully saturated rings. The van der Waals surface area contributed by atoms with Crippen molar-refractivity contribution in [3.63, 3.8) is 0 Å². The Bertz CT molecular complexity index is 608. The van der Waals surface area contributed by atoms with E-state index in [-0.39, 0.29) is 5.41 Å². The zero-order valence-electron chi connectivity index (χ0n) is 12.9. The van der Waals surface area contributed by atoms with Crippen LogP contribution in [-0.2, 0) is 12.0 Å². The Morgan fingerprint density at radius 1 is 1.10 bits per heavy atom. The molecule has 2 aromatic rings. The number of rotatable bonds is 3. The van der Waals surface area contributed by atoms with Crippen LogP contribution in [0.3, 0.4) is 0 Å². The normalized spacial score (nSPS) is 11.7. The number of thiophene rings is 1. The van der Waals surface area contributed by atoms with E-state index in [0.29, 0.717) is 5.75 Å². The number of hydrogen-bond donors (Lipinski definition) is 2. The first-order chi connectivity index (χ1) is 9.29. The maximum atomic E-state index is 9.96. The van der Waals surface area contributed by atoms with Gasteiger partial charge in [0.15, 0.2) is 0 Å². The maximum Gasteiger partial charge on any atom is 0.123 e. The second-order valence-electron chi connectivity index (χ2n) is 6.27. The fourth-order valence-corrected chi connectivity index (χ4v) is 3.09. The number of anilines is 1. The summed E-state index contributed by atoms with van der Waals surface area (Å²) in [6, 6.07) is 8.37. The smallest absolute Gasteiger partial charge is 0.123 e. The van der Waals surface area contributed by atoms with Crippen molar-refractivity contribution < 1.29 is 5.11 Å². The van der Waals surface area contributed by atoms with Crippen molar-refractivity contribution in [3.8, 4) is 5.75 Å². The summed E-state index contributed by atoms with van der Waals surface area (Å²) in [5.74, 6) is 0.386. The first-order valence-electron chi connectivity index (χ1n) is 6.91. The minimum atomic E-state index is 0.209. The minimum absolute atomic E-state index is 0.209. The van der Waals surface area contributed by atoms with E-state index < -0.39 is 0 Å². The second kappa shape index (κ2) is 5.49. The monoisotopic (exact) mass is 289 g/mol. The molecular formula is C17H23NOS. The van der Waals surface area contributed by atoms with Crippen LogP contribution >= 0.6 is 11.3 Å². The van der Waals surface area contributed by atoms with Crippen LogP contribution in [0, 0.1) is 13.8 Å². The molecule has 0 saturated heterocycles. The Morgan fingerprint density at radius 2 is 1.80 bits per heavy atom. The summed E-state index contributed by atoms with van der Waals surface area (Å²) < 4.78 is 0. The van der Waals surface area contributed by atoms with Crippen molar-refractivity contribution >= 4 is 17.0 Å². The molecule has 0 spiro atoms. The standard InChI is InChI=1S/C17H23NOS/c1-11-6-8-14(12(2)16(11)19)18-10-13-7-9-15(20-13)17(3,4)5/h6-9,18-19H,10H2,1-5H3. The Kier molecular flexibility index (Phi) is 4.09. The third kappa shape index (κ3) is 3.15. The summed E-state index contributed by atoms with van der Waals surface area (Å²) in [5, 5.41) is 13.4. The molecule has 1 aromatic heterocycles. The fraction of sp³-hybridized carbons (Fsp3) is 0.412. The number of hydrogen-bond acceptors (Lipinski definition) is 3. The molecule has 0 aliphatic carbocycles. The van der Waals surface area contributed by atoms with Gasteiger partial charge in [-0.3, -0.25) is 0 Å². The summed E-state index contributed by atoms with van der Waals surface area (Å²) in [5.41, 5.74) is 3.04. The maximum absolute atomic E-state index is 9.96. The van der Waals surface area contributed by atoms with E-state index in [1.165, 1.54) is 9.75 Å². The van der Waals surface area contributed by atoms with Gasteiger partial charge in [-0.05, 0) is 43.0 Å². The highest BCUT2D eigenvalue weighted by Crippen LogP contribution is 2.31. The Balaban J connectivity index is 2.10. The highest BCUT2D eigenvalue weighted by Gasteiger charge is 2.16. The molecule has 0 amide bonds. The number of aryl methyl sites for hydroxylation is 1. The lowest BCUT2D eigenvalue weighted by Crippen LogP contribution is -2.07. The van der Waals surface area contributed by atoms with Gasteiger partial charge in [0.25, 0.3) is 0 Å². The van der Waals surface area contributed by atoms with Crippen LogP contribution in [0.25, 0.3) is 0 Å². The van der Waals surface area contributed by atoms with Crippen LogP contribution in [0.2, 0.25) is 0 Å². The summed E-state index contributed by atoms with van der Waals surface area (Å²) in [6.45, 7) is 11.4.